The predicted octanol–water partition coefficient (Wildman–Crippen LogP) is 3.96. The van der Waals surface area contributed by atoms with Crippen LogP contribution < -0.4 is 10.2 Å². The SMILES string of the molecule is CN(CC(=O)N(C)c1ccccc1C(=O)NCc1ccco1)Cc1ccc(Cl)cc1. The Morgan fingerprint density at radius 1 is 1.00 bits per heavy atom. The van der Waals surface area contributed by atoms with Crippen molar-refractivity contribution in [3.63, 3.8) is 0 Å². The molecule has 6 nitrogen and oxygen atoms in total. The van der Waals surface area contributed by atoms with Crippen molar-refractivity contribution in [1.29, 1.82) is 0 Å². The van der Waals surface area contributed by atoms with Crippen molar-refractivity contribution < 1.29 is 14.0 Å². The largest absolute Gasteiger partial charge is 0.467 e. The van der Waals surface area contributed by atoms with Gasteiger partial charge in [-0.05, 0) is 49.0 Å². The molecule has 30 heavy (non-hydrogen) atoms. The molecule has 2 amide bonds. The summed E-state index contributed by atoms with van der Waals surface area (Å²) in [4.78, 5) is 28.9. The van der Waals surface area contributed by atoms with Crippen LogP contribution >= 0.6 is 11.6 Å². The molecular weight excluding hydrogens is 402 g/mol. The smallest absolute Gasteiger partial charge is 0.253 e. The number of benzene rings is 2. The van der Waals surface area contributed by atoms with Gasteiger partial charge in [-0.1, -0.05) is 35.9 Å². The van der Waals surface area contributed by atoms with Crippen LogP contribution in [0, 0.1) is 0 Å². The first-order valence-electron chi connectivity index (χ1n) is 9.53. The Morgan fingerprint density at radius 2 is 1.73 bits per heavy atom. The molecule has 0 fully saturated rings. The van der Waals surface area contributed by atoms with Crippen LogP contribution in [0.2, 0.25) is 5.02 Å². The van der Waals surface area contributed by atoms with Crippen LogP contribution in [0.1, 0.15) is 21.7 Å². The van der Waals surface area contributed by atoms with Crippen molar-refractivity contribution in [2.24, 2.45) is 0 Å². The maximum atomic E-state index is 12.8. The number of carbonyl (C=O) groups excluding carboxylic acids is 2. The molecule has 1 aromatic heterocycles. The quantitative estimate of drug-likeness (QED) is 0.593. The molecular formula is C23H24ClN3O3. The summed E-state index contributed by atoms with van der Waals surface area (Å²) in [5, 5.41) is 3.50. The van der Waals surface area contributed by atoms with Gasteiger partial charge in [0.05, 0.1) is 30.6 Å². The number of nitrogens with one attached hydrogen (secondary N) is 1. The zero-order valence-corrected chi connectivity index (χ0v) is 17.7. The molecule has 0 aliphatic rings. The number of nitrogens with zero attached hydrogens (tertiary/aromatic N) is 2. The molecule has 0 unspecified atom stereocenters. The van der Waals surface area contributed by atoms with Gasteiger partial charge in [0.25, 0.3) is 5.91 Å². The summed E-state index contributed by atoms with van der Waals surface area (Å²) in [5.74, 6) is 0.281. The highest BCUT2D eigenvalue weighted by Crippen LogP contribution is 2.20. The number of furan rings is 1. The van der Waals surface area contributed by atoms with Gasteiger partial charge in [0.2, 0.25) is 5.91 Å². The number of anilines is 1. The van der Waals surface area contributed by atoms with Gasteiger partial charge < -0.3 is 14.6 Å². The highest BCUT2D eigenvalue weighted by molar-refractivity contribution is 6.30. The van der Waals surface area contributed by atoms with Gasteiger partial charge in [-0.2, -0.15) is 0 Å². The third-order valence-electron chi connectivity index (χ3n) is 4.66. The molecule has 3 aromatic rings. The van der Waals surface area contributed by atoms with Gasteiger partial charge in [-0.3, -0.25) is 14.5 Å². The maximum absolute atomic E-state index is 12.8. The van der Waals surface area contributed by atoms with Crippen LogP contribution in [0.5, 0.6) is 0 Å². The fourth-order valence-electron chi connectivity index (χ4n) is 3.06. The Morgan fingerprint density at radius 3 is 2.43 bits per heavy atom. The van der Waals surface area contributed by atoms with E-state index in [1.807, 2.05) is 36.2 Å². The fourth-order valence-corrected chi connectivity index (χ4v) is 3.19. The molecule has 0 spiro atoms. The Bertz CT molecular complexity index is 987. The number of amides is 2. The highest BCUT2D eigenvalue weighted by Gasteiger charge is 2.19. The van der Waals surface area contributed by atoms with Crippen LogP contribution in [-0.2, 0) is 17.9 Å². The van der Waals surface area contributed by atoms with Crippen molar-refractivity contribution in [3.05, 3.63) is 88.8 Å². The second-order valence-corrected chi connectivity index (χ2v) is 7.47. The summed E-state index contributed by atoms with van der Waals surface area (Å²) < 4.78 is 5.24. The standard InChI is InChI=1S/C23H24ClN3O3/c1-26(15-17-9-11-18(24)12-10-17)16-22(28)27(2)21-8-4-3-7-20(21)23(29)25-14-19-6-5-13-30-19/h3-13H,14-16H2,1-2H3,(H,25,29). The molecule has 1 N–H and O–H groups in total. The molecule has 156 valence electrons. The fraction of sp³-hybridized carbons (Fsp3) is 0.217. The lowest BCUT2D eigenvalue weighted by Gasteiger charge is -2.23. The second kappa shape index (κ2) is 10.1. The van der Waals surface area contributed by atoms with Gasteiger partial charge in [0.1, 0.15) is 5.76 Å². The van der Waals surface area contributed by atoms with Crippen LogP contribution in [-0.4, -0.2) is 37.4 Å². The molecule has 0 saturated heterocycles. The normalized spacial score (nSPS) is 10.8. The predicted molar refractivity (Wildman–Crippen MR) is 118 cm³/mol. The van der Waals surface area contributed by atoms with Crippen LogP contribution in [0.15, 0.2) is 71.3 Å². The first-order chi connectivity index (χ1) is 14.4. The van der Waals surface area contributed by atoms with Gasteiger partial charge in [0.15, 0.2) is 0 Å². The molecule has 2 aromatic carbocycles. The van der Waals surface area contributed by atoms with E-state index in [0.29, 0.717) is 28.6 Å². The van der Waals surface area contributed by atoms with E-state index in [0.717, 1.165) is 5.56 Å². The minimum atomic E-state index is -0.267. The van der Waals surface area contributed by atoms with Crippen molar-refractivity contribution >= 4 is 29.1 Å². The molecule has 3 rings (SSSR count). The van der Waals surface area contributed by atoms with Gasteiger partial charge >= 0.3 is 0 Å². The Labute approximate surface area is 181 Å². The number of halogens is 1. The Kier molecular flexibility index (Phi) is 7.27. The zero-order chi connectivity index (χ0) is 21.5. The second-order valence-electron chi connectivity index (χ2n) is 7.03. The summed E-state index contributed by atoms with van der Waals surface area (Å²) in [5.41, 5.74) is 2.05. The summed E-state index contributed by atoms with van der Waals surface area (Å²) in [7, 11) is 3.55. The molecule has 0 radical (unpaired) electrons. The minimum Gasteiger partial charge on any atom is -0.467 e. The maximum Gasteiger partial charge on any atom is 0.253 e. The lowest BCUT2D eigenvalue weighted by Crippen LogP contribution is -2.37. The summed E-state index contributed by atoms with van der Waals surface area (Å²) >= 11 is 5.92. The van der Waals surface area contributed by atoms with Gasteiger partial charge in [-0.15, -0.1) is 0 Å². The van der Waals surface area contributed by atoms with E-state index >= 15 is 0 Å². The lowest BCUT2D eigenvalue weighted by atomic mass is 10.1. The number of para-hydroxylation sites is 1. The third-order valence-corrected chi connectivity index (χ3v) is 4.91. The average Bonchev–Trinajstić information content (AvgIpc) is 3.26. The number of hydrogen-bond acceptors (Lipinski definition) is 4. The summed E-state index contributed by atoms with van der Waals surface area (Å²) in [6.07, 6.45) is 1.56. The Hall–Kier alpha value is -3.09. The minimum absolute atomic E-state index is 0.113. The number of carbonyl (C=O) groups is 2. The van der Waals surface area contributed by atoms with E-state index in [9.17, 15) is 9.59 Å². The number of likely N-dealkylation sites (N-methyl/N-ethyl adjacent to an activating group) is 2. The van der Waals surface area contributed by atoms with Crippen molar-refractivity contribution in [3.8, 4) is 0 Å². The van der Waals surface area contributed by atoms with Crippen molar-refractivity contribution in [1.82, 2.24) is 10.2 Å². The molecule has 0 aliphatic heterocycles. The van der Waals surface area contributed by atoms with Crippen LogP contribution in [0.3, 0.4) is 0 Å². The van der Waals surface area contributed by atoms with Gasteiger partial charge in [-0.25, -0.2) is 0 Å². The van der Waals surface area contributed by atoms with E-state index in [4.69, 9.17) is 16.0 Å². The van der Waals surface area contributed by atoms with Gasteiger partial charge in [0, 0.05) is 18.6 Å². The van der Waals surface area contributed by atoms with E-state index in [1.54, 1.807) is 49.7 Å². The molecule has 0 aliphatic carbocycles. The number of hydrogen-bond donors (Lipinski definition) is 1. The van der Waals surface area contributed by atoms with E-state index in [2.05, 4.69) is 5.32 Å². The van der Waals surface area contributed by atoms with Crippen molar-refractivity contribution in [2.75, 3.05) is 25.5 Å². The number of rotatable bonds is 8. The first-order valence-corrected chi connectivity index (χ1v) is 9.91. The van der Waals surface area contributed by atoms with E-state index < -0.39 is 0 Å². The third kappa shape index (κ3) is 5.72. The molecule has 0 saturated carbocycles. The molecule has 0 atom stereocenters. The highest BCUT2D eigenvalue weighted by atomic mass is 35.5. The zero-order valence-electron chi connectivity index (χ0n) is 17.0. The summed E-state index contributed by atoms with van der Waals surface area (Å²) in [6, 6.07) is 18.1. The average molecular weight is 426 g/mol. The van der Waals surface area contributed by atoms with E-state index in [-0.39, 0.29) is 24.9 Å². The Balaban J connectivity index is 1.63. The topological polar surface area (TPSA) is 65.8 Å². The monoisotopic (exact) mass is 425 g/mol. The van der Waals surface area contributed by atoms with E-state index in [1.165, 1.54) is 4.90 Å². The lowest BCUT2D eigenvalue weighted by molar-refractivity contribution is -0.119. The van der Waals surface area contributed by atoms with Crippen molar-refractivity contribution in [2.45, 2.75) is 13.1 Å². The molecule has 7 heteroatoms. The van der Waals surface area contributed by atoms with Crippen LogP contribution in [0.4, 0.5) is 5.69 Å². The van der Waals surface area contributed by atoms with Crippen LogP contribution in [0.25, 0.3) is 0 Å². The first kappa shape index (κ1) is 21.6. The molecule has 0 bridgehead atoms. The summed E-state index contributed by atoms with van der Waals surface area (Å²) in [6.45, 7) is 1.10. The molecule has 1 heterocycles.